The summed E-state index contributed by atoms with van der Waals surface area (Å²) in [5.41, 5.74) is 1.65. The highest BCUT2D eigenvalue weighted by Crippen LogP contribution is 2.25. The highest BCUT2D eigenvalue weighted by Gasteiger charge is 2.20. The van der Waals surface area contributed by atoms with Gasteiger partial charge < -0.3 is 5.32 Å². The van der Waals surface area contributed by atoms with Crippen LogP contribution in [-0.2, 0) is 11.2 Å². The second-order valence-electron chi connectivity index (χ2n) is 6.35. The topological polar surface area (TPSA) is 42.0 Å². The lowest BCUT2D eigenvalue weighted by atomic mass is 9.87. The predicted octanol–water partition coefficient (Wildman–Crippen LogP) is 4.19. The number of rotatable bonds is 4. The van der Waals surface area contributed by atoms with Crippen LogP contribution in [0, 0.1) is 11.7 Å². The van der Waals surface area contributed by atoms with Crippen molar-refractivity contribution < 1.29 is 9.18 Å². The minimum absolute atomic E-state index is 0.0421. The number of nitrogens with one attached hydrogen (secondary N) is 1. The van der Waals surface area contributed by atoms with Gasteiger partial charge >= 0.3 is 0 Å². The van der Waals surface area contributed by atoms with Crippen molar-refractivity contribution in [1.29, 1.82) is 0 Å². The number of amides is 1. The molecule has 1 aliphatic rings. The Balaban J connectivity index is 1.56. The Morgan fingerprint density at radius 1 is 1.26 bits per heavy atom. The number of nitrogens with zero attached hydrogens (tertiary/aromatic N) is 1. The molecule has 3 nitrogen and oxygen atoms in total. The average molecular weight is 332 g/mol. The van der Waals surface area contributed by atoms with Gasteiger partial charge in [0.2, 0.25) is 5.91 Å². The van der Waals surface area contributed by atoms with Gasteiger partial charge in [-0.3, -0.25) is 4.79 Å². The molecule has 23 heavy (non-hydrogen) atoms. The van der Waals surface area contributed by atoms with E-state index < -0.39 is 0 Å². The van der Waals surface area contributed by atoms with Crippen molar-refractivity contribution in [2.24, 2.45) is 5.92 Å². The zero-order valence-corrected chi connectivity index (χ0v) is 14.0. The van der Waals surface area contributed by atoms with Gasteiger partial charge in [-0.15, -0.1) is 11.3 Å². The fourth-order valence-electron chi connectivity index (χ4n) is 2.96. The molecule has 1 N–H and O–H groups in total. The first-order chi connectivity index (χ1) is 11.1. The fourth-order valence-corrected chi connectivity index (χ4v) is 3.79. The standard InChI is InChI=1S/C18H21FN2OS/c1-12-2-8-15(9-3-12)20-17(22)10-16-11-23-18(21-16)13-4-6-14(19)7-5-13/h4-7,11-12,15H,2-3,8-10H2,1H3,(H,20,22). The number of aromatic nitrogens is 1. The van der Waals surface area contributed by atoms with Gasteiger partial charge in [-0.25, -0.2) is 9.37 Å². The summed E-state index contributed by atoms with van der Waals surface area (Å²) in [7, 11) is 0. The van der Waals surface area contributed by atoms with Gasteiger partial charge in [-0.1, -0.05) is 6.92 Å². The molecule has 1 fully saturated rings. The van der Waals surface area contributed by atoms with Gasteiger partial charge in [0.25, 0.3) is 0 Å². The third kappa shape index (κ3) is 4.38. The van der Waals surface area contributed by atoms with Gasteiger partial charge in [0.1, 0.15) is 10.8 Å². The smallest absolute Gasteiger partial charge is 0.226 e. The quantitative estimate of drug-likeness (QED) is 0.912. The molecule has 122 valence electrons. The van der Waals surface area contributed by atoms with Crippen molar-refractivity contribution in [2.75, 3.05) is 0 Å². The summed E-state index contributed by atoms with van der Waals surface area (Å²) in [4.78, 5) is 16.6. The van der Waals surface area contributed by atoms with Crippen LogP contribution in [0.2, 0.25) is 0 Å². The molecule has 0 atom stereocenters. The molecule has 1 saturated carbocycles. The second kappa shape index (κ2) is 7.21. The fraction of sp³-hybridized carbons (Fsp3) is 0.444. The molecule has 1 aliphatic carbocycles. The van der Waals surface area contributed by atoms with Crippen LogP contribution in [0.4, 0.5) is 4.39 Å². The highest BCUT2D eigenvalue weighted by atomic mass is 32.1. The van der Waals surface area contributed by atoms with Crippen molar-refractivity contribution in [3.63, 3.8) is 0 Å². The lowest BCUT2D eigenvalue weighted by Crippen LogP contribution is -2.38. The van der Waals surface area contributed by atoms with Crippen molar-refractivity contribution in [3.8, 4) is 10.6 Å². The number of hydrogen-bond donors (Lipinski definition) is 1. The lowest BCUT2D eigenvalue weighted by Gasteiger charge is -2.26. The van der Waals surface area contributed by atoms with Gasteiger partial charge in [0.05, 0.1) is 12.1 Å². The zero-order chi connectivity index (χ0) is 16.2. The molecular formula is C18H21FN2OS. The summed E-state index contributed by atoms with van der Waals surface area (Å²) in [6.07, 6.45) is 4.84. The van der Waals surface area contributed by atoms with E-state index in [4.69, 9.17) is 0 Å². The Morgan fingerprint density at radius 3 is 2.65 bits per heavy atom. The molecule has 3 rings (SSSR count). The molecular weight excluding hydrogens is 311 g/mol. The van der Waals surface area contributed by atoms with Crippen LogP contribution in [0.15, 0.2) is 29.6 Å². The molecule has 1 aromatic carbocycles. The van der Waals surface area contributed by atoms with Crippen LogP contribution >= 0.6 is 11.3 Å². The molecule has 5 heteroatoms. The first-order valence-corrected chi connectivity index (χ1v) is 8.98. The highest BCUT2D eigenvalue weighted by molar-refractivity contribution is 7.13. The monoisotopic (exact) mass is 332 g/mol. The minimum atomic E-state index is -0.258. The average Bonchev–Trinajstić information content (AvgIpc) is 2.98. The summed E-state index contributed by atoms with van der Waals surface area (Å²) >= 11 is 1.48. The molecule has 0 saturated heterocycles. The number of halogens is 1. The Hall–Kier alpha value is -1.75. The van der Waals surface area contributed by atoms with E-state index in [0.29, 0.717) is 12.5 Å². The van der Waals surface area contributed by atoms with E-state index >= 15 is 0 Å². The van der Waals surface area contributed by atoms with Gasteiger partial charge in [0, 0.05) is 17.0 Å². The predicted molar refractivity (Wildman–Crippen MR) is 90.8 cm³/mol. The summed E-state index contributed by atoms with van der Waals surface area (Å²) in [6.45, 7) is 2.27. The Morgan fingerprint density at radius 2 is 1.96 bits per heavy atom. The Kier molecular flexibility index (Phi) is 5.06. The third-order valence-electron chi connectivity index (χ3n) is 4.37. The first-order valence-electron chi connectivity index (χ1n) is 8.10. The van der Waals surface area contributed by atoms with E-state index in [9.17, 15) is 9.18 Å². The molecule has 0 radical (unpaired) electrons. The first kappa shape index (κ1) is 16.1. The molecule has 0 unspecified atom stereocenters. The number of benzene rings is 1. The van der Waals surface area contributed by atoms with E-state index in [0.717, 1.165) is 35.0 Å². The van der Waals surface area contributed by atoms with Crippen LogP contribution in [0.5, 0.6) is 0 Å². The molecule has 0 aliphatic heterocycles. The van der Waals surface area contributed by atoms with Crippen molar-refractivity contribution >= 4 is 17.2 Å². The molecule has 0 bridgehead atoms. The normalized spacial score (nSPS) is 21.1. The van der Waals surface area contributed by atoms with Gasteiger partial charge in [0.15, 0.2) is 0 Å². The summed E-state index contributed by atoms with van der Waals surface area (Å²) < 4.78 is 13.0. The van der Waals surface area contributed by atoms with Gasteiger partial charge in [-0.05, 0) is 55.9 Å². The maximum Gasteiger partial charge on any atom is 0.226 e. The van der Waals surface area contributed by atoms with Crippen LogP contribution < -0.4 is 5.32 Å². The maximum atomic E-state index is 13.0. The van der Waals surface area contributed by atoms with Crippen molar-refractivity contribution in [1.82, 2.24) is 10.3 Å². The van der Waals surface area contributed by atoms with Crippen LogP contribution in [0.25, 0.3) is 10.6 Å². The van der Waals surface area contributed by atoms with E-state index in [1.807, 2.05) is 5.38 Å². The minimum Gasteiger partial charge on any atom is -0.353 e. The molecule has 1 aromatic heterocycles. The molecule has 0 spiro atoms. The van der Waals surface area contributed by atoms with E-state index in [-0.39, 0.29) is 11.7 Å². The van der Waals surface area contributed by atoms with Crippen molar-refractivity contribution in [3.05, 3.63) is 41.2 Å². The van der Waals surface area contributed by atoms with Crippen LogP contribution in [0.3, 0.4) is 0 Å². The second-order valence-corrected chi connectivity index (χ2v) is 7.21. The zero-order valence-electron chi connectivity index (χ0n) is 13.2. The lowest BCUT2D eigenvalue weighted by molar-refractivity contribution is -0.121. The Bertz CT molecular complexity index is 660. The maximum absolute atomic E-state index is 13.0. The van der Waals surface area contributed by atoms with Gasteiger partial charge in [-0.2, -0.15) is 0 Å². The third-order valence-corrected chi connectivity index (χ3v) is 5.31. The van der Waals surface area contributed by atoms with E-state index in [2.05, 4.69) is 17.2 Å². The summed E-state index contributed by atoms with van der Waals surface area (Å²) in [5, 5.41) is 5.84. The number of thiazole rings is 1. The number of hydrogen-bond acceptors (Lipinski definition) is 3. The Labute approximate surface area is 140 Å². The summed E-state index contributed by atoms with van der Waals surface area (Å²) in [6, 6.07) is 6.58. The van der Waals surface area contributed by atoms with Crippen LogP contribution in [0.1, 0.15) is 38.3 Å². The number of carbonyl (C=O) groups is 1. The molecule has 1 heterocycles. The number of carbonyl (C=O) groups excluding carboxylic acids is 1. The van der Waals surface area contributed by atoms with E-state index in [1.54, 1.807) is 12.1 Å². The largest absolute Gasteiger partial charge is 0.353 e. The summed E-state index contributed by atoms with van der Waals surface area (Å²) in [5.74, 6) is 0.562. The molecule has 2 aromatic rings. The SMILES string of the molecule is CC1CCC(NC(=O)Cc2csc(-c3ccc(F)cc3)n2)CC1. The van der Waals surface area contributed by atoms with Crippen molar-refractivity contribution in [2.45, 2.75) is 45.1 Å². The van der Waals surface area contributed by atoms with Crippen LogP contribution in [-0.4, -0.2) is 16.9 Å². The van der Waals surface area contributed by atoms with E-state index in [1.165, 1.54) is 36.3 Å². The molecule has 1 amide bonds.